The molecule has 11 rings (SSSR count). The fourth-order valence-electron chi connectivity index (χ4n) is 7.68. The molecule has 11 aromatic rings. The molecule has 5 heteroatoms. The maximum absolute atomic E-state index is 6.72. The van der Waals surface area contributed by atoms with Crippen LogP contribution in [0.5, 0.6) is 0 Å². The fraction of sp³-hybridized carbons (Fsp3) is 0. The molecule has 5 nitrogen and oxygen atoms in total. The van der Waals surface area contributed by atoms with E-state index < -0.39 is 0 Å². The van der Waals surface area contributed by atoms with Gasteiger partial charge in [0.05, 0.1) is 0 Å². The molecule has 0 aliphatic carbocycles. The number of fused-ring (bicyclic) bond motifs is 9. The Balaban J connectivity index is 1.23. The van der Waals surface area contributed by atoms with Crippen LogP contribution >= 0.6 is 0 Å². The Labute approximate surface area is 297 Å². The average Bonchev–Trinajstić information content (AvgIpc) is 3.79. The van der Waals surface area contributed by atoms with Crippen molar-refractivity contribution in [2.45, 2.75) is 0 Å². The second kappa shape index (κ2) is 11.2. The summed E-state index contributed by atoms with van der Waals surface area (Å²) in [4.78, 5) is 15.6. The summed E-state index contributed by atoms with van der Waals surface area (Å²) in [5.74, 6) is 1.72. The highest BCUT2D eigenvalue weighted by molar-refractivity contribution is 6.23. The molecule has 0 saturated heterocycles. The third-order valence-electron chi connectivity index (χ3n) is 10.1. The summed E-state index contributed by atoms with van der Waals surface area (Å²) in [5.41, 5.74) is 7.99. The molecule has 0 spiro atoms. The predicted octanol–water partition coefficient (Wildman–Crippen LogP) is 12.6. The van der Waals surface area contributed by atoms with Crippen LogP contribution in [0.15, 0.2) is 173 Å². The molecule has 0 fully saturated rings. The largest absolute Gasteiger partial charge is 0.456 e. The smallest absolute Gasteiger partial charge is 0.164 e. The zero-order chi connectivity index (χ0) is 34.2. The van der Waals surface area contributed by atoms with Crippen molar-refractivity contribution in [3.05, 3.63) is 164 Å². The van der Waals surface area contributed by atoms with Crippen molar-refractivity contribution >= 4 is 65.4 Å². The van der Waals surface area contributed by atoms with Gasteiger partial charge in [-0.05, 0) is 69.1 Å². The van der Waals surface area contributed by atoms with Crippen molar-refractivity contribution in [1.29, 1.82) is 0 Å². The molecular weight excluding hydrogens is 639 g/mol. The summed E-state index contributed by atoms with van der Waals surface area (Å²) in [6.07, 6.45) is 0. The van der Waals surface area contributed by atoms with E-state index in [0.29, 0.717) is 17.5 Å². The van der Waals surface area contributed by atoms with E-state index in [-0.39, 0.29) is 0 Å². The lowest BCUT2D eigenvalue weighted by Gasteiger charge is -2.12. The molecule has 52 heavy (non-hydrogen) atoms. The molecule has 3 aromatic heterocycles. The Hall–Kier alpha value is -7.11. The van der Waals surface area contributed by atoms with Crippen molar-refractivity contribution < 1.29 is 8.83 Å². The van der Waals surface area contributed by atoms with Crippen molar-refractivity contribution in [2.24, 2.45) is 0 Å². The normalized spacial score (nSPS) is 11.8. The standard InChI is InChI=1S/C47H27N3O2/c1-2-13-30(14-3-1)45-48-46(31-21-23-37-36-18-8-9-20-39(36)51-41(37)26-31)50-47(49-45)38-25-32(34-19-10-15-28-11-4-6-16-33(28)34)27-42-44(38)43-35-17-7-5-12-29(35)22-24-40(43)52-42/h1-27H. The van der Waals surface area contributed by atoms with E-state index >= 15 is 0 Å². The van der Waals surface area contributed by atoms with E-state index in [1.165, 1.54) is 5.39 Å². The Bertz CT molecular complexity index is 3190. The van der Waals surface area contributed by atoms with Gasteiger partial charge >= 0.3 is 0 Å². The summed E-state index contributed by atoms with van der Waals surface area (Å²) >= 11 is 0. The Morgan fingerprint density at radius 3 is 1.81 bits per heavy atom. The maximum Gasteiger partial charge on any atom is 0.164 e. The number of rotatable bonds is 4. The van der Waals surface area contributed by atoms with Gasteiger partial charge < -0.3 is 8.83 Å². The quantitative estimate of drug-likeness (QED) is 0.187. The highest BCUT2D eigenvalue weighted by Gasteiger charge is 2.22. The van der Waals surface area contributed by atoms with Gasteiger partial charge in [0.25, 0.3) is 0 Å². The number of aromatic nitrogens is 3. The van der Waals surface area contributed by atoms with E-state index in [9.17, 15) is 0 Å². The van der Waals surface area contributed by atoms with E-state index in [4.69, 9.17) is 23.8 Å². The first-order valence-corrected chi connectivity index (χ1v) is 17.3. The molecule has 0 amide bonds. The molecule has 3 heterocycles. The molecule has 8 aromatic carbocycles. The van der Waals surface area contributed by atoms with Crippen LogP contribution in [0.3, 0.4) is 0 Å². The van der Waals surface area contributed by atoms with Crippen LogP contribution in [0.4, 0.5) is 0 Å². The Kier molecular flexibility index (Phi) is 6.18. The number of hydrogen-bond donors (Lipinski definition) is 0. The summed E-state index contributed by atoms with van der Waals surface area (Å²) in [6, 6.07) is 56.3. The summed E-state index contributed by atoms with van der Waals surface area (Å²) in [5, 5.41) is 8.74. The maximum atomic E-state index is 6.72. The summed E-state index contributed by atoms with van der Waals surface area (Å²) in [7, 11) is 0. The van der Waals surface area contributed by atoms with Crippen LogP contribution in [-0.2, 0) is 0 Å². The Morgan fingerprint density at radius 1 is 0.308 bits per heavy atom. The summed E-state index contributed by atoms with van der Waals surface area (Å²) in [6.45, 7) is 0. The minimum Gasteiger partial charge on any atom is -0.456 e. The van der Waals surface area contributed by atoms with Crippen LogP contribution in [0.1, 0.15) is 0 Å². The predicted molar refractivity (Wildman–Crippen MR) is 211 cm³/mol. The monoisotopic (exact) mass is 665 g/mol. The lowest BCUT2D eigenvalue weighted by atomic mass is 9.93. The number of furan rings is 2. The second-order valence-corrected chi connectivity index (χ2v) is 13.2. The first-order valence-electron chi connectivity index (χ1n) is 17.3. The van der Waals surface area contributed by atoms with Gasteiger partial charge in [0.1, 0.15) is 22.3 Å². The topological polar surface area (TPSA) is 65.0 Å². The van der Waals surface area contributed by atoms with Crippen LogP contribution in [0.2, 0.25) is 0 Å². The van der Waals surface area contributed by atoms with Crippen molar-refractivity contribution in [3.8, 4) is 45.3 Å². The van der Waals surface area contributed by atoms with Crippen LogP contribution in [0, 0.1) is 0 Å². The third kappa shape index (κ3) is 4.46. The van der Waals surface area contributed by atoms with Gasteiger partial charge in [-0.3, -0.25) is 0 Å². The van der Waals surface area contributed by atoms with Crippen molar-refractivity contribution in [1.82, 2.24) is 15.0 Å². The van der Waals surface area contributed by atoms with E-state index in [1.807, 2.05) is 54.6 Å². The van der Waals surface area contributed by atoms with Crippen LogP contribution < -0.4 is 0 Å². The van der Waals surface area contributed by atoms with Gasteiger partial charge in [0.15, 0.2) is 17.5 Å². The molecule has 0 unspecified atom stereocenters. The molecule has 0 N–H and O–H groups in total. The SMILES string of the molecule is c1ccc(-c2nc(-c3ccc4c(c3)oc3ccccc34)nc(-c3cc(-c4cccc5ccccc45)cc4oc5ccc6ccccc6c5c34)n2)cc1. The number of benzene rings is 8. The first-order chi connectivity index (χ1) is 25.7. The minimum atomic E-state index is 0.563. The van der Waals surface area contributed by atoms with Gasteiger partial charge in [-0.1, -0.05) is 127 Å². The zero-order valence-corrected chi connectivity index (χ0v) is 27.7. The first kappa shape index (κ1) is 28.7. The lowest BCUT2D eigenvalue weighted by molar-refractivity contribution is 0.669. The van der Waals surface area contributed by atoms with Gasteiger partial charge in [0.2, 0.25) is 0 Å². The van der Waals surface area contributed by atoms with Gasteiger partial charge in [-0.2, -0.15) is 0 Å². The number of hydrogen-bond acceptors (Lipinski definition) is 5. The van der Waals surface area contributed by atoms with E-state index in [0.717, 1.165) is 87.9 Å². The fourth-order valence-corrected chi connectivity index (χ4v) is 7.68. The summed E-state index contributed by atoms with van der Waals surface area (Å²) < 4.78 is 13.0. The van der Waals surface area contributed by atoms with Crippen LogP contribution in [-0.4, -0.2) is 15.0 Å². The van der Waals surface area contributed by atoms with Crippen molar-refractivity contribution in [2.75, 3.05) is 0 Å². The highest BCUT2D eigenvalue weighted by atomic mass is 16.3. The molecule has 0 bridgehead atoms. The molecule has 0 atom stereocenters. The highest BCUT2D eigenvalue weighted by Crippen LogP contribution is 2.43. The van der Waals surface area contributed by atoms with E-state index in [2.05, 4.69) is 109 Å². The van der Waals surface area contributed by atoms with Gasteiger partial charge in [-0.15, -0.1) is 0 Å². The molecule has 0 radical (unpaired) electrons. The molecule has 242 valence electrons. The lowest BCUT2D eigenvalue weighted by Crippen LogP contribution is -2.00. The van der Waals surface area contributed by atoms with Gasteiger partial charge in [0, 0.05) is 38.2 Å². The third-order valence-corrected chi connectivity index (χ3v) is 10.1. The zero-order valence-electron chi connectivity index (χ0n) is 27.7. The van der Waals surface area contributed by atoms with Crippen LogP contribution in [0.25, 0.3) is 111 Å². The minimum absolute atomic E-state index is 0.563. The number of nitrogens with zero attached hydrogens (tertiary/aromatic N) is 3. The second-order valence-electron chi connectivity index (χ2n) is 13.2. The molecule has 0 saturated carbocycles. The van der Waals surface area contributed by atoms with E-state index in [1.54, 1.807) is 0 Å². The average molecular weight is 666 g/mol. The number of para-hydroxylation sites is 1. The van der Waals surface area contributed by atoms with Crippen molar-refractivity contribution in [3.63, 3.8) is 0 Å². The molecular formula is C47H27N3O2. The molecule has 0 aliphatic rings. The Morgan fingerprint density at radius 2 is 0.942 bits per heavy atom. The molecule has 0 aliphatic heterocycles. The van der Waals surface area contributed by atoms with Gasteiger partial charge in [-0.25, -0.2) is 15.0 Å².